The van der Waals surface area contributed by atoms with Crippen LogP contribution in [0.15, 0.2) is 48.8 Å². The lowest BCUT2D eigenvalue weighted by molar-refractivity contribution is 0.102. The van der Waals surface area contributed by atoms with Gasteiger partial charge in [-0.05, 0) is 53.6 Å². The SMILES string of the molecule is COc1cc2c(Oc3c(F)cc(NC(=O)c4c(OC5CC5)ccnc4I)cc3F)ccnc2cc1OCCN. The number of carbonyl (C=O) groups is 1. The summed E-state index contributed by atoms with van der Waals surface area (Å²) in [7, 11) is 1.47. The van der Waals surface area contributed by atoms with Crippen molar-refractivity contribution in [3.05, 3.63) is 69.7 Å². The molecule has 1 amide bonds. The Balaban J connectivity index is 1.41. The summed E-state index contributed by atoms with van der Waals surface area (Å²) in [4.78, 5) is 21.4. The van der Waals surface area contributed by atoms with Crippen molar-refractivity contribution in [2.45, 2.75) is 18.9 Å². The zero-order valence-corrected chi connectivity index (χ0v) is 22.8. The summed E-state index contributed by atoms with van der Waals surface area (Å²) in [6, 6.07) is 8.25. The van der Waals surface area contributed by atoms with Crippen LogP contribution in [-0.4, -0.2) is 42.2 Å². The highest BCUT2D eigenvalue weighted by Gasteiger charge is 2.27. The fraction of sp³-hybridized carbons (Fsp3) is 0.222. The van der Waals surface area contributed by atoms with Gasteiger partial charge in [-0.25, -0.2) is 13.8 Å². The van der Waals surface area contributed by atoms with Gasteiger partial charge in [-0.15, -0.1) is 0 Å². The number of ether oxygens (including phenoxy) is 4. The molecular weight excluding hydrogens is 625 g/mol. The van der Waals surface area contributed by atoms with Gasteiger partial charge < -0.3 is 30.0 Å². The summed E-state index contributed by atoms with van der Waals surface area (Å²) in [5.74, 6) is -1.96. The van der Waals surface area contributed by atoms with Crippen molar-refractivity contribution in [3.8, 4) is 28.7 Å². The Kier molecular flexibility index (Phi) is 7.93. The molecule has 2 heterocycles. The van der Waals surface area contributed by atoms with E-state index in [1.807, 2.05) is 22.6 Å². The van der Waals surface area contributed by atoms with Crippen LogP contribution in [0, 0.1) is 15.3 Å². The highest BCUT2D eigenvalue weighted by Crippen LogP contribution is 2.39. The quantitative estimate of drug-likeness (QED) is 0.173. The van der Waals surface area contributed by atoms with Crippen LogP contribution in [-0.2, 0) is 0 Å². The first-order valence-electron chi connectivity index (χ1n) is 12.0. The van der Waals surface area contributed by atoms with E-state index in [2.05, 4.69) is 15.3 Å². The standard InChI is InChI=1S/C27H23F2IN4O5/c1-36-22-12-16-19(13-23(22)37-9-6-31)32-7-4-20(16)39-25-17(28)10-14(11-18(25)29)34-27(35)24-21(38-15-2-3-15)5-8-33-26(24)30/h4-5,7-8,10-13,15H,2-3,6,9,31H2,1H3,(H,34,35). The number of benzene rings is 2. The molecule has 3 N–H and O–H groups in total. The molecule has 1 fully saturated rings. The molecule has 0 aliphatic heterocycles. The molecule has 0 spiro atoms. The number of nitrogens with one attached hydrogen (secondary N) is 1. The lowest BCUT2D eigenvalue weighted by atomic mass is 10.1. The number of aromatic nitrogens is 2. The van der Waals surface area contributed by atoms with Gasteiger partial charge in [0.25, 0.3) is 5.91 Å². The summed E-state index contributed by atoms with van der Waals surface area (Å²) in [5, 5.41) is 2.97. The van der Waals surface area contributed by atoms with Crippen molar-refractivity contribution in [1.29, 1.82) is 0 Å². The zero-order valence-electron chi connectivity index (χ0n) is 20.7. The third-order valence-corrected chi connectivity index (χ3v) is 6.56. The molecule has 4 aromatic rings. The second-order valence-corrected chi connectivity index (χ2v) is 9.61. The summed E-state index contributed by atoms with van der Waals surface area (Å²) < 4.78 is 53.1. The molecule has 5 rings (SSSR count). The van der Waals surface area contributed by atoms with Crippen molar-refractivity contribution < 1.29 is 32.5 Å². The molecule has 39 heavy (non-hydrogen) atoms. The molecule has 1 aliphatic rings. The fourth-order valence-electron chi connectivity index (χ4n) is 3.78. The Morgan fingerprint density at radius 3 is 2.46 bits per heavy atom. The van der Waals surface area contributed by atoms with Gasteiger partial charge >= 0.3 is 0 Å². The average Bonchev–Trinajstić information content (AvgIpc) is 3.73. The zero-order chi connectivity index (χ0) is 27.5. The molecule has 2 aromatic carbocycles. The van der Waals surface area contributed by atoms with Gasteiger partial charge in [0.1, 0.15) is 27.4 Å². The van der Waals surface area contributed by atoms with Gasteiger partial charge in [-0.1, -0.05) is 0 Å². The highest BCUT2D eigenvalue weighted by molar-refractivity contribution is 14.1. The first-order valence-corrected chi connectivity index (χ1v) is 13.0. The van der Waals surface area contributed by atoms with Crippen molar-refractivity contribution in [2.75, 3.05) is 25.6 Å². The summed E-state index contributed by atoms with van der Waals surface area (Å²) >= 11 is 1.91. The molecule has 0 saturated heterocycles. The summed E-state index contributed by atoms with van der Waals surface area (Å²) in [5.41, 5.74) is 6.07. The second kappa shape index (κ2) is 11.5. The first kappa shape index (κ1) is 26.8. The Bertz CT molecular complexity index is 1530. The maximum absolute atomic E-state index is 15.1. The topological polar surface area (TPSA) is 118 Å². The van der Waals surface area contributed by atoms with Crippen molar-refractivity contribution >= 4 is 45.1 Å². The van der Waals surface area contributed by atoms with E-state index in [4.69, 9.17) is 24.7 Å². The average molecular weight is 648 g/mol. The van der Waals surface area contributed by atoms with Gasteiger partial charge in [0, 0.05) is 48.2 Å². The van der Waals surface area contributed by atoms with Crippen molar-refractivity contribution in [3.63, 3.8) is 0 Å². The summed E-state index contributed by atoms with van der Waals surface area (Å²) in [6.07, 6.45) is 4.84. The number of pyridine rings is 2. The predicted octanol–water partition coefficient (Wildman–Crippen LogP) is 5.44. The monoisotopic (exact) mass is 648 g/mol. The van der Waals surface area contributed by atoms with Gasteiger partial charge in [-0.3, -0.25) is 9.78 Å². The van der Waals surface area contributed by atoms with E-state index in [1.165, 1.54) is 25.6 Å². The number of rotatable bonds is 10. The van der Waals surface area contributed by atoms with E-state index in [-0.39, 0.29) is 29.7 Å². The smallest absolute Gasteiger partial charge is 0.262 e. The molecular formula is C27H23F2IN4O5. The number of nitrogens with zero attached hydrogens (tertiary/aromatic N) is 2. The van der Waals surface area contributed by atoms with Crippen LogP contribution >= 0.6 is 22.6 Å². The largest absolute Gasteiger partial charge is 0.493 e. The Morgan fingerprint density at radius 2 is 1.77 bits per heavy atom. The third-order valence-electron chi connectivity index (χ3n) is 5.74. The number of nitrogens with two attached hydrogens (primary N) is 1. The van der Waals surface area contributed by atoms with E-state index < -0.39 is 23.3 Å². The molecule has 1 aliphatic carbocycles. The Hall–Kier alpha value is -3.78. The minimum Gasteiger partial charge on any atom is -0.493 e. The van der Waals surface area contributed by atoms with Gasteiger partial charge in [0.15, 0.2) is 28.9 Å². The molecule has 0 bridgehead atoms. The van der Waals surface area contributed by atoms with Gasteiger partial charge in [-0.2, -0.15) is 0 Å². The number of amides is 1. The van der Waals surface area contributed by atoms with Gasteiger partial charge in [0.05, 0.1) is 18.7 Å². The van der Waals surface area contributed by atoms with Crippen molar-refractivity contribution in [2.24, 2.45) is 5.73 Å². The Morgan fingerprint density at radius 1 is 1.05 bits per heavy atom. The molecule has 0 radical (unpaired) electrons. The minimum absolute atomic E-state index is 0.0513. The number of methoxy groups -OCH3 is 1. The number of hydrogen-bond donors (Lipinski definition) is 2. The maximum Gasteiger partial charge on any atom is 0.262 e. The highest BCUT2D eigenvalue weighted by atomic mass is 127. The molecule has 0 atom stereocenters. The predicted molar refractivity (Wildman–Crippen MR) is 148 cm³/mol. The normalized spacial score (nSPS) is 12.7. The molecule has 0 unspecified atom stereocenters. The van der Waals surface area contributed by atoms with E-state index in [0.717, 1.165) is 25.0 Å². The molecule has 12 heteroatoms. The van der Waals surface area contributed by atoms with Crippen LogP contribution in [0.3, 0.4) is 0 Å². The van der Waals surface area contributed by atoms with Crippen LogP contribution < -0.4 is 30.0 Å². The number of halogens is 3. The third kappa shape index (κ3) is 5.96. The van der Waals surface area contributed by atoms with Crippen LogP contribution in [0.2, 0.25) is 0 Å². The van der Waals surface area contributed by atoms with E-state index >= 15 is 8.78 Å². The van der Waals surface area contributed by atoms with E-state index in [0.29, 0.717) is 38.4 Å². The van der Waals surface area contributed by atoms with Gasteiger partial charge in [0.2, 0.25) is 0 Å². The second-order valence-electron chi connectivity index (χ2n) is 8.58. The van der Waals surface area contributed by atoms with Crippen LogP contribution in [0.5, 0.6) is 28.7 Å². The molecule has 202 valence electrons. The maximum atomic E-state index is 15.1. The van der Waals surface area contributed by atoms with E-state index in [1.54, 1.807) is 18.2 Å². The minimum atomic E-state index is -1.01. The summed E-state index contributed by atoms with van der Waals surface area (Å²) in [6.45, 7) is 0.579. The number of anilines is 1. The van der Waals surface area contributed by atoms with Crippen LogP contribution in [0.25, 0.3) is 10.9 Å². The van der Waals surface area contributed by atoms with Crippen molar-refractivity contribution in [1.82, 2.24) is 9.97 Å². The fourth-order valence-corrected chi connectivity index (χ4v) is 4.45. The lowest BCUT2D eigenvalue weighted by Crippen LogP contribution is -2.17. The van der Waals surface area contributed by atoms with Crippen LogP contribution in [0.4, 0.5) is 14.5 Å². The number of fused-ring (bicyclic) bond motifs is 1. The number of hydrogen-bond acceptors (Lipinski definition) is 8. The number of carbonyl (C=O) groups excluding carboxylic acids is 1. The molecule has 1 saturated carbocycles. The molecule has 2 aromatic heterocycles. The van der Waals surface area contributed by atoms with E-state index in [9.17, 15) is 4.79 Å². The van der Waals surface area contributed by atoms with Crippen LogP contribution in [0.1, 0.15) is 23.2 Å². The lowest BCUT2D eigenvalue weighted by Gasteiger charge is -2.15. The molecule has 9 nitrogen and oxygen atoms in total. The first-order chi connectivity index (χ1) is 18.9. The Labute approximate surface area is 235 Å².